The zero-order valence-corrected chi connectivity index (χ0v) is 18.5. The van der Waals surface area contributed by atoms with Crippen LogP contribution in [0.25, 0.3) is 0 Å². The van der Waals surface area contributed by atoms with Gasteiger partial charge in [-0.25, -0.2) is 0 Å². The number of anilines is 3. The molecule has 2 amide bonds. The van der Waals surface area contributed by atoms with Crippen molar-refractivity contribution < 1.29 is 14.3 Å². The van der Waals surface area contributed by atoms with Gasteiger partial charge in [-0.2, -0.15) is 0 Å². The van der Waals surface area contributed by atoms with Crippen LogP contribution in [0.5, 0.6) is 5.75 Å². The molecule has 0 heterocycles. The van der Waals surface area contributed by atoms with Crippen LogP contribution in [0.1, 0.15) is 51.0 Å². The summed E-state index contributed by atoms with van der Waals surface area (Å²) in [7, 11) is 0. The van der Waals surface area contributed by atoms with Crippen molar-refractivity contribution in [2.24, 2.45) is 5.92 Å². The minimum Gasteiger partial charge on any atom is -0.494 e. The van der Waals surface area contributed by atoms with E-state index in [1.807, 2.05) is 49.4 Å². The molecule has 0 aromatic heterocycles. The quantitative estimate of drug-likeness (QED) is 0.402. The van der Waals surface area contributed by atoms with Crippen LogP contribution in [0.15, 0.2) is 42.5 Å². The van der Waals surface area contributed by atoms with E-state index in [9.17, 15) is 9.59 Å². The molecule has 1 aliphatic rings. The topological polar surface area (TPSA) is 79.5 Å². The van der Waals surface area contributed by atoms with E-state index in [-0.39, 0.29) is 24.3 Å². The molecule has 6 nitrogen and oxygen atoms in total. The molecule has 1 fully saturated rings. The Morgan fingerprint density at radius 2 is 1.74 bits per heavy atom. The van der Waals surface area contributed by atoms with Crippen LogP contribution in [0, 0.1) is 12.8 Å². The first kappa shape index (κ1) is 22.7. The number of hydrogen-bond donors (Lipinski definition) is 3. The molecule has 0 spiro atoms. The van der Waals surface area contributed by atoms with Crippen LogP contribution < -0.4 is 20.7 Å². The Bertz CT molecular complexity index is 893. The molecule has 0 radical (unpaired) electrons. The second-order valence-corrected chi connectivity index (χ2v) is 8.08. The van der Waals surface area contributed by atoms with Crippen molar-refractivity contribution in [1.29, 1.82) is 0 Å². The Hall–Kier alpha value is -3.02. The highest BCUT2D eigenvalue weighted by molar-refractivity contribution is 5.98. The number of carbonyl (C=O) groups excluding carboxylic acids is 2. The first-order valence-electron chi connectivity index (χ1n) is 11.2. The van der Waals surface area contributed by atoms with Gasteiger partial charge in [0, 0.05) is 29.0 Å². The third-order valence-corrected chi connectivity index (χ3v) is 5.37. The van der Waals surface area contributed by atoms with E-state index in [1.165, 1.54) is 19.3 Å². The van der Waals surface area contributed by atoms with Gasteiger partial charge < -0.3 is 20.7 Å². The number of rotatable bonds is 12. The van der Waals surface area contributed by atoms with Crippen LogP contribution in [0.3, 0.4) is 0 Å². The zero-order chi connectivity index (χ0) is 22.1. The lowest BCUT2D eigenvalue weighted by molar-refractivity contribution is -0.117. The smallest absolute Gasteiger partial charge is 0.243 e. The number of ether oxygens (including phenoxy) is 1. The molecule has 0 bridgehead atoms. The summed E-state index contributed by atoms with van der Waals surface area (Å²) in [4.78, 5) is 24.5. The van der Waals surface area contributed by atoms with E-state index < -0.39 is 0 Å². The lowest BCUT2D eigenvalue weighted by Gasteiger charge is -2.14. The number of amides is 2. The normalized spacial score (nSPS) is 12.8. The van der Waals surface area contributed by atoms with Gasteiger partial charge in [0.25, 0.3) is 0 Å². The first-order valence-corrected chi connectivity index (χ1v) is 11.2. The molecule has 0 aliphatic heterocycles. The maximum absolute atomic E-state index is 12.5. The minimum absolute atomic E-state index is 0.0562. The van der Waals surface area contributed by atoms with Gasteiger partial charge in [0.2, 0.25) is 11.8 Å². The summed E-state index contributed by atoms with van der Waals surface area (Å²) in [6.45, 7) is 4.93. The summed E-state index contributed by atoms with van der Waals surface area (Å²) in [5.41, 5.74) is 3.13. The summed E-state index contributed by atoms with van der Waals surface area (Å²) in [6, 6.07) is 13.2. The fourth-order valence-corrected chi connectivity index (χ4v) is 3.28. The Labute approximate surface area is 184 Å². The van der Waals surface area contributed by atoms with Crippen LogP contribution in [0.4, 0.5) is 17.1 Å². The SMILES string of the molecule is CCCCCCOc1cccc(NCC(=O)Nc2cccc(NC(=O)C3CC3)c2C)c1. The largest absolute Gasteiger partial charge is 0.494 e. The highest BCUT2D eigenvalue weighted by Gasteiger charge is 2.29. The van der Waals surface area contributed by atoms with Crippen molar-refractivity contribution in [3.05, 3.63) is 48.0 Å². The number of benzene rings is 2. The first-order chi connectivity index (χ1) is 15.1. The fraction of sp³-hybridized carbons (Fsp3) is 0.440. The zero-order valence-electron chi connectivity index (χ0n) is 18.5. The monoisotopic (exact) mass is 423 g/mol. The molecule has 2 aromatic carbocycles. The molecule has 1 aliphatic carbocycles. The Balaban J connectivity index is 1.48. The number of carbonyl (C=O) groups is 2. The highest BCUT2D eigenvalue weighted by atomic mass is 16.5. The summed E-state index contributed by atoms with van der Waals surface area (Å²) in [5.74, 6) is 0.843. The van der Waals surface area contributed by atoms with Crippen LogP contribution in [-0.2, 0) is 9.59 Å². The van der Waals surface area contributed by atoms with Crippen molar-refractivity contribution in [3.63, 3.8) is 0 Å². The second kappa shape index (κ2) is 11.4. The van der Waals surface area contributed by atoms with Crippen LogP contribution in [-0.4, -0.2) is 25.0 Å². The van der Waals surface area contributed by atoms with E-state index >= 15 is 0 Å². The molecular weight excluding hydrogens is 390 g/mol. The molecular formula is C25H33N3O3. The number of hydrogen-bond acceptors (Lipinski definition) is 4. The Morgan fingerprint density at radius 1 is 1.00 bits per heavy atom. The van der Waals surface area contributed by atoms with E-state index in [0.29, 0.717) is 12.3 Å². The van der Waals surface area contributed by atoms with Gasteiger partial charge in [-0.1, -0.05) is 38.3 Å². The molecule has 3 N–H and O–H groups in total. The van der Waals surface area contributed by atoms with E-state index in [4.69, 9.17) is 4.74 Å². The van der Waals surface area contributed by atoms with Gasteiger partial charge in [0.15, 0.2) is 0 Å². The van der Waals surface area contributed by atoms with Crippen molar-refractivity contribution in [3.8, 4) is 5.75 Å². The van der Waals surface area contributed by atoms with Gasteiger partial charge >= 0.3 is 0 Å². The minimum atomic E-state index is -0.153. The molecule has 6 heteroatoms. The van der Waals surface area contributed by atoms with Crippen LogP contribution >= 0.6 is 0 Å². The molecule has 2 aromatic rings. The highest BCUT2D eigenvalue weighted by Crippen LogP contribution is 2.31. The average Bonchev–Trinajstić information content (AvgIpc) is 3.61. The summed E-state index contributed by atoms with van der Waals surface area (Å²) in [5, 5.41) is 9.02. The van der Waals surface area contributed by atoms with Gasteiger partial charge in [0.1, 0.15) is 5.75 Å². The van der Waals surface area contributed by atoms with Gasteiger partial charge in [-0.15, -0.1) is 0 Å². The van der Waals surface area contributed by atoms with Gasteiger partial charge in [-0.3, -0.25) is 9.59 Å². The standard InChI is InChI=1S/C25H33N3O3/c1-3-4-5-6-15-31-21-10-7-9-20(16-21)26-17-24(29)27-22-11-8-12-23(18(22)2)28-25(30)19-13-14-19/h7-12,16,19,26H,3-6,13-15,17H2,1-2H3,(H,27,29)(H,28,30). The molecule has 0 saturated heterocycles. The lowest BCUT2D eigenvalue weighted by atomic mass is 10.1. The molecule has 166 valence electrons. The third-order valence-electron chi connectivity index (χ3n) is 5.37. The van der Waals surface area contributed by atoms with E-state index in [1.54, 1.807) is 0 Å². The maximum atomic E-state index is 12.5. The van der Waals surface area contributed by atoms with Crippen molar-refractivity contribution in [1.82, 2.24) is 0 Å². The summed E-state index contributed by atoms with van der Waals surface area (Å²) >= 11 is 0. The van der Waals surface area contributed by atoms with Gasteiger partial charge in [0.05, 0.1) is 13.2 Å². The molecule has 3 rings (SSSR count). The van der Waals surface area contributed by atoms with Gasteiger partial charge in [-0.05, 0) is 56.0 Å². The molecule has 1 saturated carbocycles. The molecule has 0 atom stereocenters. The van der Waals surface area contributed by atoms with E-state index in [0.717, 1.165) is 42.0 Å². The number of nitrogens with one attached hydrogen (secondary N) is 3. The molecule has 31 heavy (non-hydrogen) atoms. The second-order valence-electron chi connectivity index (χ2n) is 8.08. The predicted molar refractivity (Wildman–Crippen MR) is 126 cm³/mol. The van der Waals surface area contributed by atoms with Crippen molar-refractivity contribution >= 4 is 28.9 Å². The lowest BCUT2D eigenvalue weighted by Crippen LogP contribution is -2.22. The number of unbranched alkanes of at least 4 members (excludes halogenated alkanes) is 3. The molecule has 0 unspecified atom stereocenters. The predicted octanol–water partition coefficient (Wildman–Crippen LogP) is 5.35. The van der Waals surface area contributed by atoms with Crippen LogP contribution in [0.2, 0.25) is 0 Å². The summed E-state index contributed by atoms with van der Waals surface area (Å²) in [6.07, 6.45) is 6.58. The maximum Gasteiger partial charge on any atom is 0.243 e. The Morgan fingerprint density at radius 3 is 2.48 bits per heavy atom. The summed E-state index contributed by atoms with van der Waals surface area (Å²) < 4.78 is 5.80. The fourth-order valence-electron chi connectivity index (χ4n) is 3.28. The van der Waals surface area contributed by atoms with Crippen molar-refractivity contribution in [2.45, 2.75) is 52.4 Å². The average molecular weight is 424 g/mol. The van der Waals surface area contributed by atoms with Crippen molar-refractivity contribution in [2.75, 3.05) is 29.1 Å². The Kier molecular flexibility index (Phi) is 8.33. The van der Waals surface area contributed by atoms with E-state index in [2.05, 4.69) is 22.9 Å². The third kappa shape index (κ3) is 7.31.